The van der Waals surface area contributed by atoms with Gasteiger partial charge in [-0.05, 0) is 60.7 Å². The Morgan fingerprint density at radius 3 is 2.40 bits per heavy atom. The van der Waals surface area contributed by atoms with Gasteiger partial charge in [-0.1, -0.05) is 62.3 Å². The first-order chi connectivity index (χ1) is 23.0. The van der Waals surface area contributed by atoms with Gasteiger partial charge in [0.1, 0.15) is 5.75 Å². The van der Waals surface area contributed by atoms with Crippen molar-refractivity contribution in [1.29, 1.82) is 0 Å². The molecule has 3 heterocycles. The molecule has 6 rings (SSSR count). The lowest BCUT2D eigenvalue weighted by Gasteiger charge is -2.37. The second kappa shape index (κ2) is 13.4. The molecule has 0 bridgehead atoms. The molecule has 10 nitrogen and oxygen atoms in total. The number of nitrogens with zero attached hydrogens (tertiary/aromatic N) is 3. The molecule has 48 heavy (non-hydrogen) atoms. The molecule has 4 atom stereocenters. The van der Waals surface area contributed by atoms with E-state index in [0.29, 0.717) is 30.6 Å². The summed E-state index contributed by atoms with van der Waals surface area (Å²) in [7, 11) is -0.755. The van der Waals surface area contributed by atoms with Crippen molar-refractivity contribution in [3.05, 3.63) is 88.0 Å². The molecule has 0 aromatic heterocycles. The number of nitro benzene ring substituents is 1. The molecule has 1 spiro atoms. The van der Waals surface area contributed by atoms with Crippen molar-refractivity contribution in [1.82, 2.24) is 0 Å². The van der Waals surface area contributed by atoms with Gasteiger partial charge in [-0.3, -0.25) is 19.7 Å². The summed E-state index contributed by atoms with van der Waals surface area (Å²) in [6.45, 7) is 7.37. The molecule has 11 heteroatoms. The van der Waals surface area contributed by atoms with E-state index in [1.54, 1.807) is 18.1 Å². The van der Waals surface area contributed by atoms with E-state index in [1.165, 1.54) is 17.3 Å². The van der Waals surface area contributed by atoms with E-state index < -0.39 is 24.7 Å². The van der Waals surface area contributed by atoms with Gasteiger partial charge in [0, 0.05) is 48.9 Å². The molecular formula is C37H45N3O7Si. The molecule has 2 saturated heterocycles. The number of aliphatic hydroxyl groups is 1. The van der Waals surface area contributed by atoms with Gasteiger partial charge in [-0.15, -0.1) is 0 Å². The highest BCUT2D eigenvalue weighted by Crippen LogP contribution is 2.60. The third-order valence-corrected chi connectivity index (χ3v) is 15.2. The summed E-state index contributed by atoms with van der Waals surface area (Å²) in [5.41, 5.74) is 1.18. The van der Waals surface area contributed by atoms with Crippen molar-refractivity contribution in [3.63, 3.8) is 0 Å². The van der Waals surface area contributed by atoms with Crippen LogP contribution in [0.2, 0.25) is 18.6 Å². The molecule has 2 fully saturated rings. The maximum absolute atomic E-state index is 14.9. The molecule has 3 aliphatic rings. The van der Waals surface area contributed by atoms with Crippen molar-refractivity contribution >= 4 is 42.1 Å². The lowest BCUT2D eigenvalue weighted by molar-refractivity contribution is -0.385. The van der Waals surface area contributed by atoms with Gasteiger partial charge in [-0.2, -0.15) is 0 Å². The van der Waals surface area contributed by atoms with E-state index in [-0.39, 0.29) is 42.1 Å². The minimum Gasteiger partial charge on any atom is -0.497 e. The van der Waals surface area contributed by atoms with E-state index in [9.17, 15) is 24.8 Å². The van der Waals surface area contributed by atoms with E-state index in [2.05, 4.69) is 25.2 Å². The monoisotopic (exact) mass is 671 g/mol. The molecule has 1 N–H and O–H groups in total. The summed E-state index contributed by atoms with van der Waals surface area (Å²) in [6.07, 6.45) is 4.53. The predicted molar refractivity (Wildman–Crippen MR) is 187 cm³/mol. The van der Waals surface area contributed by atoms with E-state index >= 15 is 0 Å². The number of fused-ring (bicyclic) bond motifs is 2. The molecular weight excluding hydrogens is 627 g/mol. The fraction of sp³-hybridized carbons (Fsp3) is 0.459. The first kappa shape index (κ1) is 33.8. The molecule has 0 unspecified atom stereocenters. The zero-order valence-electron chi connectivity index (χ0n) is 28.2. The normalized spacial score (nSPS) is 24.5. The first-order valence-electron chi connectivity index (χ1n) is 17.0. The Morgan fingerprint density at radius 1 is 1.02 bits per heavy atom. The molecule has 2 amide bonds. The number of nitro groups is 1. The Kier molecular flexibility index (Phi) is 9.48. The number of carbonyl (C=O) groups excluding carboxylic acids is 2. The van der Waals surface area contributed by atoms with Gasteiger partial charge in [0.15, 0.2) is 5.60 Å². The summed E-state index contributed by atoms with van der Waals surface area (Å²) in [5, 5.41) is 23.3. The summed E-state index contributed by atoms with van der Waals surface area (Å²) in [5.74, 6) is 0.303. The highest BCUT2D eigenvalue weighted by molar-refractivity contribution is 6.91. The zero-order valence-corrected chi connectivity index (χ0v) is 29.2. The summed E-state index contributed by atoms with van der Waals surface area (Å²) in [4.78, 5) is 42.8. The van der Waals surface area contributed by atoms with Crippen LogP contribution in [0.4, 0.5) is 17.1 Å². The fourth-order valence-corrected chi connectivity index (χ4v) is 12.4. The fourth-order valence-electron chi connectivity index (χ4n) is 8.37. The number of rotatable bonds is 9. The Balaban J connectivity index is 1.37. The van der Waals surface area contributed by atoms with Crippen LogP contribution in [-0.2, 0) is 26.5 Å². The van der Waals surface area contributed by atoms with Gasteiger partial charge in [0.2, 0.25) is 5.91 Å². The SMILES string of the molecule is COc1ccc([Si](C)(C)[C@@H]2[C@@H](CCO)O[C@]3(C(=O)N(Cc4ccc(N5CCCCCCC5=O)cc4)c4ccc([N+](=O)[O-])cc43)[C@H]2C)cc1. The lowest BCUT2D eigenvalue weighted by atomic mass is 9.82. The standard InChI is InChI=1S/C37H45N3O7Si/c1-25-35(48(3,4)30-17-15-29(46-2)16-18-30)33(20-22-41)47-37(25)31-23-28(40(44)45)14-19-32(31)39(36(37)43)24-26-10-12-27(13-11-26)38-21-8-6-5-7-9-34(38)42/h10-19,23,25,33,35,41H,5-9,20-22,24H2,1-4H3/t25-,33+,35-,37+/m0/s1. The first-order valence-corrected chi connectivity index (χ1v) is 20.0. The zero-order chi connectivity index (χ0) is 34.2. The van der Waals surface area contributed by atoms with Crippen LogP contribution < -0.4 is 19.7 Å². The molecule has 3 aliphatic heterocycles. The Hall–Kier alpha value is -4.06. The molecule has 0 saturated carbocycles. The van der Waals surface area contributed by atoms with Crippen molar-refractivity contribution in [2.45, 2.75) is 82.3 Å². The molecule has 3 aromatic rings. The molecule has 0 radical (unpaired) electrons. The van der Waals surface area contributed by atoms with E-state index in [1.807, 2.05) is 48.2 Å². The number of carbonyl (C=O) groups is 2. The molecule has 254 valence electrons. The van der Waals surface area contributed by atoms with Crippen LogP contribution >= 0.6 is 0 Å². The molecule has 3 aromatic carbocycles. The Labute approximate surface area is 282 Å². The third-order valence-electron chi connectivity index (χ3n) is 10.9. The number of benzene rings is 3. The average Bonchev–Trinajstić information content (AvgIpc) is 3.49. The van der Waals surface area contributed by atoms with Gasteiger partial charge in [-0.25, -0.2) is 0 Å². The number of non-ortho nitro benzene ring substituents is 1. The van der Waals surface area contributed by atoms with Crippen LogP contribution in [0, 0.1) is 16.0 Å². The largest absolute Gasteiger partial charge is 0.497 e. The quantitative estimate of drug-likeness (QED) is 0.167. The number of hydrogen-bond donors (Lipinski definition) is 1. The lowest BCUT2D eigenvalue weighted by Crippen LogP contribution is -2.51. The number of aliphatic hydroxyl groups excluding tert-OH is 1. The minimum absolute atomic E-state index is 0.0799. The predicted octanol–water partition coefficient (Wildman–Crippen LogP) is 6.05. The van der Waals surface area contributed by atoms with Crippen LogP contribution in [0.5, 0.6) is 5.75 Å². The van der Waals surface area contributed by atoms with Crippen molar-refractivity contribution in [3.8, 4) is 5.75 Å². The van der Waals surface area contributed by atoms with Gasteiger partial charge in [0.05, 0.1) is 38.4 Å². The number of amides is 2. The van der Waals surface area contributed by atoms with Crippen LogP contribution in [0.3, 0.4) is 0 Å². The Morgan fingerprint density at radius 2 is 1.73 bits per heavy atom. The Bertz CT molecular complexity index is 1680. The number of methoxy groups -OCH3 is 1. The van der Waals surface area contributed by atoms with Gasteiger partial charge >= 0.3 is 0 Å². The van der Waals surface area contributed by atoms with Crippen LogP contribution in [0.25, 0.3) is 0 Å². The van der Waals surface area contributed by atoms with Crippen LogP contribution in [0.1, 0.15) is 56.6 Å². The number of anilines is 2. The second-order valence-electron chi connectivity index (χ2n) is 13.9. The van der Waals surface area contributed by atoms with Crippen LogP contribution in [-0.4, -0.2) is 56.3 Å². The van der Waals surface area contributed by atoms with Crippen molar-refractivity contribution < 1.29 is 29.1 Å². The second-order valence-corrected chi connectivity index (χ2v) is 18.6. The highest BCUT2D eigenvalue weighted by Gasteiger charge is 2.66. The maximum atomic E-state index is 14.9. The van der Waals surface area contributed by atoms with Gasteiger partial charge in [0.25, 0.3) is 11.6 Å². The van der Waals surface area contributed by atoms with Crippen molar-refractivity contribution in [2.24, 2.45) is 5.92 Å². The van der Waals surface area contributed by atoms with Crippen molar-refractivity contribution in [2.75, 3.05) is 30.1 Å². The summed E-state index contributed by atoms with van der Waals surface area (Å²) in [6, 6.07) is 20.4. The topological polar surface area (TPSA) is 122 Å². The van der Waals surface area contributed by atoms with Gasteiger partial charge < -0.3 is 24.4 Å². The highest BCUT2D eigenvalue weighted by atomic mass is 28.3. The third kappa shape index (κ3) is 5.81. The van der Waals surface area contributed by atoms with Crippen LogP contribution in [0.15, 0.2) is 66.7 Å². The number of ether oxygens (including phenoxy) is 2. The number of hydrogen-bond acceptors (Lipinski definition) is 7. The summed E-state index contributed by atoms with van der Waals surface area (Å²) < 4.78 is 12.3. The minimum atomic E-state index is -2.39. The average molecular weight is 672 g/mol. The summed E-state index contributed by atoms with van der Waals surface area (Å²) >= 11 is 0. The maximum Gasteiger partial charge on any atom is 0.269 e. The smallest absolute Gasteiger partial charge is 0.269 e. The van der Waals surface area contributed by atoms with E-state index in [4.69, 9.17) is 9.47 Å². The molecule has 0 aliphatic carbocycles. The van der Waals surface area contributed by atoms with E-state index in [0.717, 1.165) is 42.7 Å².